The first kappa shape index (κ1) is 22.3. The molecule has 0 spiro atoms. The fraction of sp³-hybridized carbons (Fsp3) is 0.667. The Morgan fingerprint density at radius 2 is 1.97 bits per heavy atom. The number of methoxy groups -OCH3 is 1. The summed E-state index contributed by atoms with van der Waals surface area (Å²) in [6, 6.07) is 7.99. The van der Waals surface area contributed by atoms with Crippen LogP contribution in [0.15, 0.2) is 35.9 Å². The van der Waals surface area contributed by atoms with E-state index in [2.05, 4.69) is 6.08 Å². The second-order valence-electron chi connectivity index (χ2n) is 8.37. The Labute approximate surface area is 175 Å². The summed E-state index contributed by atoms with van der Waals surface area (Å²) in [7, 11) is 1.68. The molecule has 1 fully saturated rings. The van der Waals surface area contributed by atoms with E-state index >= 15 is 0 Å². The van der Waals surface area contributed by atoms with Crippen LogP contribution in [0.25, 0.3) is 0 Å². The van der Waals surface area contributed by atoms with Gasteiger partial charge >= 0.3 is 0 Å². The second-order valence-corrected chi connectivity index (χ2v) is 8.37. The summed E-state index contributed by atoms with van der Waals surface area (Å²) < 4.78 is 29.2. The Bertz CT molecular complexity index is 637. The van der Waals surface area contributed by atoms with Crippen molar-refractivity contribution in [3.8, 4) is 5.75 Å². The second kappa shape index (κ2) is 11.1. The lowest BCUT2D eigenvalue weighted by atomic mass is 10.0. The molecule has 0 saturated carbocycles. The van der Waals surface area contributed by atoms with E-state index in [-0.39, 0.29) is 12.2 Å². The van der Waals surface area contributed by atoms with Gasteiger partial charge in [-0.2, -0.15) is 0 Å². The number of hydrogen-bond donors (Lipinski definition) is 0. The molecule has 1 aromatic rings. The Hall–Kier alpha value is -1.40. The molecule has 1 heterocycles. The van der Waals surface area contributed by atoms with Crippen LogP contribution in [0.1, 0.15) is 57.9 Å². The first-order chi connectivity index (χ1) is 14.1. The third kappa shape index (κ3) is 7.41. The molecule has 29 heavy (non-hydrogen) atoms. The molecule has 0 N–H and O–H groups in total. The smallest absolute Gasteiger partial charge is 0.163 e. The maximum Gasteiger partial charge on any atom is 0.163 e. The highest BCUT2D eigenvalue weighted by atomic mass is 16.7. The molecular formula is C24H36O5. The van der Waals surface area contributed by atoms with Crippen LogP contribution in [0.5, 0.6) is 5.75 Å². The number of allylic oxidation sites excluding steroid dienone is 1. The summed E-state index contributed by atoms with van der Waals surface area (Å²) in [4.78, 5) is 0. The van der Waals surface area contributed by atoms with Gasteiger partial charge in [0, 0.05) is 6.61 Å². The van der Waals surface area contributed by atoms with Gasteiger partial charge in [0.15, 0.2) is 5.79 Å². The average molecular weight is 405 g/mol. The van der Waals surface area contributed by atoms with Gasteiger partial charge in [0.25, 0.3) is 0 Å². The standard InChI is InChI=1S/C24H36O5/c1-24(2)28-18-23(29-24)22(27-17-19-8-5-4-6-9-19)10-7-15-26-16-20-11-13-21(25-3)14-12-20/h8,11-14,22-23H,4-7,9-10,15-18H2,1-3H3/t22-,23-/m1/s1. The van der Waals surface area contributed by atoms with Crippen LogP contribution in [-0.4, -0.2) is 44.9 Å². The van der Waals surface area contributed by atoms with Gasteiger partial charge in [-0.1, -0.05) is 18.2 Å². The number of benzene rings is 1. The van der Waals surface area contributed by atoms with Gasteiger partial charge in [0.05, 0.1) is 33.0 Å². The summed E-state index contributed by atoms with van der Waals surface area (Å²) >= 11 is 0. The van der Waals surface area contributed by atoms with Crippen LogP contribution in [0.4, 0.5) is 0 Å². The Morgan fingerprint density at radius 3 is 2.62 bits per heavy atom. The summed E-state index contributed by atoms with van der Waals surface area (Å²) in [6.07, 6.45) is 9.10. The van der Waals surface area contributed by atoms with E-state index in [9.17, 15) is 0 Å². The van der Waals surface area contributed by atoms with Crippen molar-refractivity contribution in [2.45, 2.75) is 77.0 Å². The highest BCUT2D eigenvalue weighted by molar-refractivity contribution is 5.26. The number of hydrogen-bond acceptors (Lipinski definition) is 5. The van der Waals surface area contributed by atoms with Crippen molar-refractivity contribution in [3.05, 3.63) is 41.5 Å². The zero-order valence-electron chi connectivity index (χ0n) is 18.2. The molecule has 1 saturated heterocycles. The zero-order chi connectivity index (χ0) is 20.5. The lowest BCUT2D eigenvalue weighted by Crippen LogP contribution is -2.34. The molecule has 5 heteroatoms. The van der Waals surface area contributed by atoms with E-state index in [1.165, 1.54) is 24.8 Å². The van der Waals surface area contributed by atoms with E-state index in [0.29, 0.717) is 26.4 Å². The van der Waals surface area contributed by atoms with Crippen molar-refractivity contribution in [3.63, 3.8) is 0 Å². The van der Waals surface area contributed by atoms with Gasteiger partial charge in [-0.15, -0.1) is 0 Å². The van der Waals surface area contributed by atoms with Crippen molar-refractivity contribution in [1.82, 2.24) is 0 Å². The van der Waals surface area contributed by atoms with Crippen LogP contribution in [0.3, 0.4) is 0 Å². The molecule has 0 aromatic heterocycles. The van der Waals surface area contributed by atoms with Crippen LogP contribution in [-0.2, 0) is 25.6 Å². The molecule has 3 rings (SSSR count). The third-order valence-electron chi connectivity index (χ3n) is 5.52. The minimum absolute atomic E-state index is 0.0178. The van der Waals surface area contributed by atoms with Gasteiger partial charge in [0.1, 0.15) is 11.9 Å². The monoisotopic (exact) mass is 404 g/mol. The molecule has 1 aliphatic carbocycles. The van der Waals surface area contributed by atoms with Crippen LogP contribution in [0, 0.1) is 0 Å². The fourth-order valence-electron chi connectivity index (χ4n) is 3.82. The fourth-order valence-corrected chi connectivity index (χ4v) is 3.82. The molecule has 1 aromatic carbocycles. The first-order valence-electron chi connectivity index (χ1n) is 10.9. The van der Waals surface area contributed by atoms with E-state index in [1.807, 2.05) is 38.1 Å². The molecule has 0 amide bonds. The van der Waals surface area contributed by atoms with Crippen molar-refractivity contribution >= 4 is 0 Å². The molecule has 162 valence electrons. The Morgan fingerprint density at radius 1 is 1.14 bits per heavy atom. The van der Waals surface area contributed by atoms with Gasteiger partial charge in [-0.3, -0.25) is 0 Å². The molecule has 1 aliphatic heterocycles. The van der Waals surface area contributed by atoms with Gasteiger partial charge in [-0.05, 0) is 75.6 Å². The van der Waals surface area contributed by atoms with Gasteiger partial charge in [-0.25, -0.2) is 0 Å². The largest absolute Gasteiger partial charge is 0.497 e. The molecule has 0 bridgehead atoms. The molecule has 2 aliphatic rings. The summed E-state index contributed by atoms with van der Waals surface area (Å²) in [5.41, 5.74) is 2.58. The third-order valence-corrected chi connectivity index (χ3v) is 5.52. The van der Waals surface area contributed by atoms with Crippen molar-refractivity contribution in [2.75, 3.05) is 26.9 Å². The molecule has 0 radical (unpaired) electrons. The minimum atomic E-state index is -0.527. The van der Waals surface area contributed by atoms with E-state index < -0.39 is 5.79 Å². The van der Waals surface area contributed by atoms with Gasteiger partial charge in [0.2, 0.25) is 0 Å². The predicted molar refractivity (Wildman–Crippen MR) is 113 cm³/mol. The lowest BCUT2D eigenvalue weighted by molar-refractivity contribution is -0.156. The minimum Gasteiger partial charge on any atom is -0.497 e. The lowest BCUT2D eigenvalue weighted by Gasteiger charge is -2.25. The van der Waals surface area contributed by atoms with Crippen LogP contribution < -0.4 is 4.74 Å². The Balaban J connectivity index is 1.42. The highest BCUT2D eigenvalue weighted by Gasteiger charge is 2.37. The molecule has 2 atom stereocenters. The predicted octanol–water partition coefficient (Wildman–Crippen LogP) is 5.03. The van der Waals surface area contributed by atoms with Crippen molar-refractivity contribution in [1.29, 1.82) is 0 Å². The molecule has 5 nitrogen and oxygen atoms in total. The van der Waals surface area contributed by atoms with Crippen molar-refractivity contribution < 1.29 is 23.7 Å². The normalized spacial score (nSPS) is 22.3. The highest BCUT2D eigenvalue weighted by Crippen LogP contribution is 2.28. The Kier molecular flexibility index (Phi) is 8.54. The first-order valence-corrected chi connectivity index (χ1v) is 10.9. The van der Waals surface area contributed by atoms with E-state index in [4.69, 9.17) is 23.7 Å². The zero-order valence-corrected chi connectivity index (χ0v) is 18.2. The van der Waals surface area contributed by atoms with E-state index in [1.54, 1.807) is 7.11 Å². The average Bonchev–Trinajstić information content (AvgIpc) is 3.10. The van der Waals surface area contributed by atoms with Crippen LogP contribution in [0.2, 0.25) is 0 Å². The maximum absolute atomic E-state index is 6.31. The van der Waals surface area contributed by atoms with Crippen molar-refractivity contribution in [2.24, 2.45) is 0 Å². The quantitative estimate of drug-likeness (QED) is 0.382. The topological polar surface area (TPSA) is 46.2 Å². The molecule has 0 unspecified atom stereocenters. The summed E-state index contributed by atoms with van der Waals surface area (Å²) in [5, 5.41) is 0. The SMILES string of the molecule is COc1ccc(COCCC[C@@H](OCC2=CCCCC2)[C@H]2COC(C)(C)O2)cc1. The summed E-state index contributed by atoms with van der Waals surface area (Å²) in [5.74, 6) is 0.338. The van der Waals surface area contributed by atoms with Crippen LogP contribution >= 0.6 is 0 Å². The van der Waals surface area contributed by atoms with E-state index in [0.717, 1.165) is 30.6 Å². The summed E-state index contributed by atoms with van der Waals surface area (Å²) in [6.45, 7) is 6.53. The van der Waals surface area contributed by atoms with Gasteiger partial charge < -0.3 is 23.7 Å². The number of rotatable bonds is 11. The number of ether oxygens (including phenoxy) is 5. The maximum atomic E-state index is 6.31. The molecular weight excluding hydrogens is 368 g/mol.